The highest BCUT2D eigenvalue weighted by Gasteiger charge is 2.14. The predicted octanol–water partition coefficient (Wildman–Crippen LogP) is 2.99. The van der Waals surface area contributed by atoms with Gasteiger partial charge in [0.25, 0.3) is 0 Å². The fourth-order valence-corrected chi connectivity index (χ4v) is 1.17. The smallest absolute Gasteiger partial charge is 0.0737 e. The van der Waals surface area contributed by atoms with Gasteiger partial charge in [-0.1, -0.05) is 32.1 Å². The highest BCUT2D eigenvalue weighted by atomic mass is 14.8. The number of aliphatic imine (C=N–C) groups is 1. The molecular weight excluding hydrogens is 146 g/mol. The number of rotatable bonds is 1. The molecule has 1 rings (SSSR count). The summed E-state index contributed by atoms with van der Waals surface area (Å²) in [6.07, 6.45) is 8.35. The molecule has 0 amide bonds. The van der Waals surface area contributed by atoms with E-state index in [9.17, 15) is 0 Å². The lowest BCUT2D eigenvalue weighted by molar-refractivity contribution is 0.650. The minimum Gasteiger partial charge on any atom is -0.279 e. The highest BCUT2D eigenvalue weighted by molar-refractivity contribution is 5.97. The van der Waals surface area contributed by atoms with Crippen LogP contribution >= 0.6 is 0 Å². The Balaban J connectivity index is 2.95. The maximum Gasteiger partial charge on any atom is 0.0737 e. The van der Waals surface area contributed by atoms with Crippen LogP contribution in [0.1, 0.15) is 27.7 Å². The van der Waals surface area contributed by atoms with Crippen molar-refractivity contribution in [1.82, 2.24) is 0 Å². The Morgan fingerprint density at radius 2 is 1.92 bits per heavy atom. The number of hydrogen-bond donors (Lipinski definition) is 0. The molecule has 0 atom stereocenters. The second-order valence-electron chi connectivity index (χ2n) is 4.06. The molecule has 1 heterocycles. The molecule has 0 fully saturated rings. The number of hydrogen-bond acceptors (Lipinski definition) is 1. The van der Waals surface area contributed by atoms with Crippen molar-refractivity contribution in [2.45, 2.75) is 33.2 Å². The predicted molar refractivity (Wildman–Crippen MR) is 54.6 cm³/mol. The molecule has 0 spiro atoms. The van der Waals surface area contributed by atoms with E-state index >= 15 is 0 Å². The van der Waals surface area contributed by atoms with E-state index in [2.05, 4.69) is 57.0 Å². The monoisotopic (exact) mass is 163 g/mol. The van der Waals surface area contributed by atoms with Crippen molar-refractivity contribution in [3.05, 3.63) is 24.3 Å². The Bertz CT molecular complexity index is 242. The van der Waals surface area contributed by atoms with Crippen LogP contribution in [0.3, 0.4) is 0 Å². The molecule has 0 radical (unpaired) electrons. The third-order valence-corrected chi connectivity index (χ3v) is 1.89. The van der Waals surface area contributed by atoms with E-state index in [0.717, 1.165) is 0 Å². The van der Waals surface area contributed by atoms with Crippen molar-refractivity contribution >= 4 is 5.71 Å². The minimum absolute atomic E-state index is 0.0386. The molecule has 0 bridgehead atoms. The molecule has 66 valence electrons. The lowest BCUT2D eigenvalue weighted by Gasteiger charge is -2.16. The van der Waals surface area contributed by atoms with E-state index < -0.39 is 0 Å². The molecule has 0 aromatic heterocycles. The van der Waals surface area contributed by atoms with Gasteiger partial charge in [-0.15, -0.1) is 0 Å². The Morgan fingerprint density at radius 1 is 1.25 bits per heavy atom. The summed E-state index contributed by atoms with van der Waals surface area (Å²) < 4.78 is 0. The topological polar surface area (TPSA) is 12.4 Å². The summed E-state index contributed by atoms with van der Waals surface area (Å²) in [5, 5.41) is 0. The van der Waals surface area contributed by atoms with E-state index in [4.69, 9.17) is 0 Å². The van der Waals surface area contributed by atoms with Gasteiger partial charge in [-0.3, -0.25) is 4.99 Å². The second-order valence-corrected chi connectivity index (χ2v) is 4.06. The quantitative estimate of drug-likeness (QED) is 0.563. The molecular formula is C11H17N. The van der Waals surface area contributed by atoms with E-state index in [0.29, 0.717) is 5.92 Å². The summed E-state index contributed by atoms with van der Waals surface area (Å²) >= 11 is 0. The number of nitrogens with zero attached hydrogens (tertiary/aromatic N) is 1. The molecule has 1 aliphatic rings. The largest absolute Gasteiger partial charge is 0.279 e. The van der Waals surface area contributed by atoms with Crippen LogP contribution in [0, 0.1) is 5.92 Å². The zero-order chi connectivity index (χ0) is 9.19. The summed E-state index contributed by atoms with van der Waals surface area (Å²) in [7, 11) is 0. The first-order valence-electron chi connectivity index (χ1n) is 4.47. The van der Waals surface area contributed by atoms with Crippen LogP contribution in [-0.2, 0) is 0 Å². The zero-order valence-electron chi connectivity index (χ0n) is 8.33. The minimum atomic E-state index is -0.0386. The summed E-state index contributed by atoms with van der Waals surface area (Å²) in [6, 6.07) is 0. The van der Waals surface area contributed by atoms with Crippen LogP contribution in [0.4, 0.5) is 0 Å². The van der Waals surface area contributed by atoms with Gasteiger partial charge in [0.15, 0.2) is 0 Å². The van der Waals surface area contributed by atoms with Crippen molar-refractivity contribution < 1.29 is 0 Å². The average Bonchev–Trinajstić information content (AvgIpc) is 2.10. The zero-order valence-corrected chi connectivity index (χ0v) is 8.33. The van der Waals surface area contributed by atoms with E-state index in [1.54, 1.807) is 0 Å². The Hall–Kier alpha value is -0.850. The number of allylic oxidation sites excluding steroid dienone is 3. The van der Waals surface area contributed by atoms with Gasteiger partial charge in [0.05, 0.1) is 5.54 Å². The van der Waals surface area contributed by atoms with Gasteiger partial charge < -0.3 is 0 Å². The van der Waals surface area contributed by atoms with Gasteiger partial charge in [-0.2, -0.15) is 0 Å². The molecule has 0 aromatic carbocycles. The third kappa shape index (κ3) is 2.33. The van der Waals surface area contributed by atoms with Crippen LogP contribution < -0.4 is 0 Å². The lowest BCUT2D eigenvalue weighted by atomic mass is 10.0. The summed E-state index contributed by atoms with van der Waals surface area (Å²) in [4.78, 5) is 4.65. The molecule has 1 nitrogen and oxygen atoms in total. The Kier molecular flexibility index (Phi) is 2.51. The van der Waals surface area contributed by atoms with Gasteiger partial charge in [0, 0.05) is 5.71 Å². The van der Waals surface area contributed by atoms with Crippen LogP contribution in [0.15, 0.2) is 29.3 Å². The fraction of sp³-hybridized carbons (Fsp3) is 0.545. The average molecular weight is 163 g/mol. The molecule has 0 saturated carbocycles. The van der Waals surface area contributed by atoms with Gasteiger partial charge >= 0.3 is 0 Å². The molecule has 0 N–H and O–H groups in total. The summed E-state index contributed by atoms with van der Waals surface area (Å²) in [6.45, 7) is 8.59. The third-order valence-electron chi connectivity index (χ3n) is 1.89. The highest BCUT2D eigenvalue weighted by Crippen LogP contribution is 2.16. The first-order valence-corrected chi connectivity index (χ1v) is 4.47. The molecule has 0 aromatic rings. The van der Waals surface area contributed by atoms with E-state index in [1.165, 1.54) is 5.71 Å². The molecule has 1 heteroatoms. The summed E-state index contributed by atoms with van der Waals surface area (Å²) in [5.74, 6) is 0.514. The van der Waals surface area contributed by atoms with Crippen molar-refractivity contribution in [3.8, 4) is 0 Å². The van der Waals surface area contributed by atoms with Gasteiger partial charge in [0.1, 0.15) is 0 Å². The first kappa shape index (κ1) is 9.24. The maximum atomic E-state index is 4.65. The van der Waals surface area contributed by atoms with Gasteiger partial charge in [-0.05, 0) is 25.8 Å². The Morgan fingerprint density at radius 3 is 2.50 bits per heavy atom. The molecule has 0 saturated heterocycles. The molecule has 1 aliphatic heterocycles. The SMILES string of the molecule is CC(C)C1=NC(C)(C)C=CC=C1. The van der Waals surface area contributed by atoms with Gasteiger partial charge in [0.2, 0.25) is 0 Å². The Labute approximate surface area is 74.9 Å². The molecule has 0 aliphatic carbocycles. The first-order chi connectivity index (χ1) is 5.51. The maximum absolute atomic E-state index is 4.65. The second kappa shape index (κ2) is 3.26. The molecule has 0 unspecified atom stereocenters. The van der Waals surface area contributed by atoms with Crippen LogP contribution in [-0.4, -0.2) is 11.3 Å². The van der Waals surface area contributed by atoms with Crippen molar-refractivity contribution in [1.29, 1.82) is 0 Å². The lowest BCUT2D eigenvalue weighted by Crippen LogP contribution is -2.16. The van der Waals surface area contributed by atoms with E-state index in [-0.39, 0.29) is 5.54 Å². The van der Waals surface area contributed by atoms with Crippen molar-refractivity contribution in [2.24, 2.45) is 10.9 Å². The van der Waals surface area contributed by atoms with Crippen LogP contribution in [0.25, 0.3) is 0 Å². The van der Waals surface area contributed by atoms with Gasteiger partial charge in [-0.25, -0.2) is 0 Å². The van der Waals surface area contributed by atoms with Crippen LogP contribution in [0.5, 0.6) is 0 Å². The van der Waals surface area contributed by atoms with Crippen molar-refractivity contribution in [3.63, 3.8) is 0 Å². The fourth-order valence-electron chi connectivity index (χ4n) is 1.17. The van der Waals surface area contributed by atoms with E-state index in [1.807, 2.05) is 0 Å². The van der Waals surface area contributed by atoms with Crippen molar-refractivity contribution in [2.75, 3.05) is 0 Å². The molecule has 12 heavy (non-hydrogen) atoms. The van der Waals surface area contributed by atoms with Crippen LogP contribution in [0.2, 0.25) is 0 Å². The normalized spacial score (nSPS) is 20.9. The standard InChI is InChI=1S/C11H17N/c1-9(2)10-7-5-6-8-11(3,4)12-10/h5-9H,1-4H3. The summed E-state index contributed by atoms with van der Waals surface area (Å²) in [5.41, 5.74) is 1.15.